The van der Waals surface area contributed by atoms with Crippen molar-refractivity contribution in [2.75, 3.05) is 19.0 Å². The smallest absolute Gasteiger partial charge is 0.193 e. The summed E-state index contributed by atoms with van der Waals surface area (Å²) in [5.41, 5.74) is 2.36. The number of hydrogen-bond donors (Lipinski definition) is 1. The van der Waals surface area contributed by atoms with Crippen LogP contribution in [0.15, 0.2) is 57.7 Å². The number of rotatable bonds is 6. The van der Waals surface area contributed by atoms with Crippen LogP contribution in [0.4, 0.5) is 5.69 Å². The van der Waals surface area contributed by atoms with Crippen LogP contribution >= 0.6 is 0 Å². The van der Waals surface area contributed by atoms with E-state index in [0.717, 1.165) is 36.4 Å². The molecule has 0 radical (unpaired) electrons. The molecule has 4 heteroatoms. The lowest BCUT2D eigenvalue weighted by molar-refractivity contribution is 0.415. The van der Waals surface area contributed by atoms with Crippen LogP contribution in [0.25, 0.3) is 22.3 Å². The van der Waals surface area contributed by atoms with Gasteiger partial charge in [0.05, 0.1) is 12.5 Å². The van der Waals surface area contributed by atoms with E-state index in [9.17, 15) is 4.79 Å². The van der Waals surface area contributed by atoms with Crippen molar-refractivity contribution in [2.24, 2.45) is 0 Å². The van der Waals surface area contributed by atoms with Crippen molar-refractivity contribution in [1.29, 1.82) is 0 Å². The number of methoxy groups -OCH3 is 1. The molecule has 1 N–H and O–H groups in total. The van der Waals surface area contributed by atoms with E-state index in [-0.39, 0.29) is 5.43 Å². The summed E-state index contributed by atoms with van der Waals surface area (Å²) in [4.78, 5) is 12.4. The molecule has 0 saturated heterocycles. The van der Waals surface area contributed by atoms with E-state index in [1.807, 2.05) is 42.5 Å². The molecule has 0 saturated carbocycles. The average Bonchev–Trinajstić information content (AvgIpc) is 2.62. The normalized spacial score (nSPS) is 10.8. The van der Waals surface area contributed by atoms with Crippen molar-refractivity contribution in [2.45, 2.75) is 19.8 Å². The second-order valence-corrected chi connectivity index (χ2v) is 5.69. The van der Waals surface area contributed by atoms with Gasteiger partial charge in [-0.1, -0.05) is 13.3 Å². The molecule has 0 bridgehead atoms. The number of unbranched alkanes of at least 4 members (excludes halogenated alkanes) is 1. The molecule has 124 valence electrons. The van der Waals surface area contributed by atoms with Crippen molar-refractivity contribution in [3.8, 4) is 17.1 Å². The van der Waals surface area contributed by atoms with Gasteiger partial charge in [-0.15, -0.1) is 0 Å². The van der Waals surface area contributed by atoms with Gasteiger partial charge in [-0.25, -0.2) is 0 Å². The first-order chi connectivity index (χ1) is 11.7. The first-order valence-electron chi connectivity index (χ1n) is 8.17. The maximum absolute atomic E-state index is 12.4. The fourth-order valence-electron chi connectivity index (χ4n) is 2.57. The molecule has 2 aromatic carbocycles. The highest BCUT2D eigenvalue weighted by Crippen LogP contribution is 2.25. The Labute approximate surface area is 141 Å². The van der Waals surface area contributed by atoms with Gasteiger partial charge in [0.1, 0.15) is 17.1 Å². The molecule has 3 aromatic rings. The summed E-state index contributed by atoms with van der Waals surface area (Å²) in [5, 5.41) is 3.94. The summed E-state index contributed by atoms with van der Waals surface area (Å²) >= 11 is 0. The highest BCUT2D eigenvalue weighted by Gasteiger charge is 2.08. The Hall–Kier alpha value is -2.75. The van der Waals surface area contributed by atoms with E-state index in [1.54, 1.807) is 7.11 Å². The summed E-state index contributed by atoms with van der Waals surface area (Å²) in [7, 11) is 1.62. The fourth-order valence-corrected chi connectivity index (χ4v) is 2.57. The molecule has 0 aliphatic rings. The van der Waals surface area contributed by atoms with Crippen LogP contribution in [0, 0.1) is 0 Å². The Balaban J connectivity index is 1.98. The third kappa shape index (κ3) is 3.43. The molecule has 0 fully saturated rings. The van der Waals surface area contributed by atoms with Crippen LogP contribution in [0.1, 0.15) is 19.8 Å². The van der Waals surface area contributed by atoms with Gasteiger partial charge in [0.15, 0.2) is 5.43 Å². The summed E-state index contributed by atoms with van der Waals surface area (Å²) in [6, 6.07) is 14.6. The van der Waals surface area contributed by atoms with E-state index in [4.69, 9.17) is 9.15 Å². The second kappa shape index (κ2) is 7.21. The Morgan fingerprint density at radius 1 is 1.08 bits per heavy atom. The van der Waals surface area contributed by atoms with E-state index in [1.165, 1.54) is 6.07 Å². The zero-order valence-corrected chi connectivity index (χ0v) is 14.0. The van der Waals surface area contributed by atoms with Crippen LogP contribution < -0.4 is 15.5 Å². The molecule has 1 heterocycles. The van der Waals surface area contributed by atoms with Crippen molar-refractivity contribution >= 4 is 16.7 Å². The lowest BCUT2D eigenvalue weighted by Gasteiger charge is -2.08. The third-order valence-corrected chi connectivity index (χ3v) is 3.96. The molecule has 24 heavy (non-hydrogen) atoms. The molecule has 1 aromatic heterocycles. The van der Waals surface area contributed by atoms with Gasteiger partial charge in [-0.3, -0.25) is 4.79 Å². The minimum atomic E-state index is -0.0397. The molecular weight excluding hydrogens is 302 g/mol. The minimum Gasteiger partial charge on any atom is -0.497 e. The maximum atomic E-state index is 12.4. The maximum Gasteiger partial charge on any atom is 0.193 e. The Morgan fingerprint density at radius 2 is 1.88 bits per heavy atom. The molecule has 3 rings (SSSR count). The topological polar surface area (TPSA) is 51.5 Å². The van der Waals surface area contributed by atoms with Gasteiger partial charge < -0.3 is 14.5 Å². The average molecular weight is 323 g/mol. The van der Waals surface area contributed by atoms with Crippen LogP contribution in [0.3, 0.4) is 0 Å². The molecule has 0 unspecified atom stereocenters. The van der Waals surface area contributed by atoms with Crippen LogP contribution in [-0.4, -0.2) is 13.7 Å². The highest BCUT2D eigenvalue weighted by atomic mass is 16.5. The van der Waals surface area contributed by atoms with Crippen molar-refractivity contribution in [3.05, 3.63) is 58.8 Å². The van der Waals surface area contributed by atoms with E-state index < -0.39 is 0 Å². The van der Waals surface area contributed by atoms with E-state index in [2.05, 4.69) is 12.2 Å². The van der Waals surface area contributed by atoms with Crippen molar-refractivity contribution < 1.29 is 9.15 Å². The highest BCUT2D eigenvalue weighted by molar-refractivity contribution is 5.82. The predicted molar refractivity (Wildman–Crippen MR) is 97.9 cm³/mol. The molecule has 0 aliphatic heterocycles. The van der Waals surface area contributed by atoms with Crippen LogP contribution in [0.2, 0.25) is 0 Å². The zero-order chi connectivity index (χ0) is 16.9. The number of fused-ring (bicyclic) bond motifs is 1. The molecule has 4 nitrogen and oxygen atoms in total. The van der Waals surface area contributed by atoms with E-state index >= 15 is 0 Å². The number of anilines is 1. The zero-order valence-electron chi connectivity index (χ0n) is 14.0. The number of ether oxygens (including phenoxy) is 1. The molecule has 0 amide bonds. The fraction of sp³-hybridized carbons (Fsp3) is 0.250. The van der Waals surface area contributed by atoms with Gasteiger partial charge in [0, 0.05) is 29.9 Å². The Kier molecular flexibility index (Phi) is 4.85. The predicted octanol–water partition coefficient (Wildman–Crippen LogP) is 4.68. The van der Waals surface area contributed by atoms with Gasteiger partial charge in [0.25, 0.3) is 0 Å². The molecule has 0 aliphatic carbocycles. The monoisotopic (exact) mass is 323 g/mol. The lowest BCUT2D eigenvalue weighted by Crippen LogP contribution is -2.03. The molecule has 0 atom stereocenters. The SMILES string of the molecule is CCCCNc1ccc2c(=O)cc(-c3ccc(OC)cc3)oc2c1. The molecular formula is C20H21NO3. The van der Waals surface area contributed by atoms with Gasteiger partial charge in [-0.2, -0.15) is 0 Å². The summed E-state index contributed by atoms with van der Waals surface area (Å²) in [5.74, 6) is 1.32. The van der Waals surface area contributed by atoms with Gasteiger partial charge in [-0.05, 0) is 42.8 Å². The second-order valence-electron chi connectivity index (χ2n) is 5.69. The van der Waals surface area contributed by atoms with Gasteiger partial charge in [0.2, 0.25) is 0 Å². The summed E-state index contributed by atoms with van der Waals surface area (Å²) < 4.78 is 11.1. The first-order valence-corrected chi connectivity index (χ1v) is 8.17. The lowest BCUT2D eigenvalue weighted by atomic mass is 10.1. The van der Waals surface area contributed by atoms with Crippen molar-refractivity contribution in [1.82, 2.24) is 0 Å². The standard InChI is InChI=1S/C20H21NO3/c1-3-4-11-21-15-7-10-17-18(22)13-19(24-20(17)12-15)14-5-8-16(23-2)9-6-14/h5-10,12-13,21H,3-4,11H2,1-2H3. The minimum absolute atomic E-state index is 0.0397. The Morgan fingerprint density at radius 3 is 2.58 bits per heavy atom. The number of benzene rings is 2. The first kappa shape index (κ1) is 16.1. The summed E-state index contributed by atoms with van der Waals surface area (Å²) in [6.07, 6.45) is 2.24. The summed E-state index contributed by atoms with van der Waals surface area (Å²) in [6.45, 7) is 3.06. The quantitative estimate of drug-likeness (QED) is 0.669. The number of nitrogens with one attached hydrogen (secondary N) is 1. The third-order valence-electron chi connectivity index (χ3n) is 3.96. The van der Waals surface area contributed by atoms with Crippen LogP contribution in [0.5, 0.6) is 5.75 Å². The number of hydrogen-bond acceptors (Lipinski definition) is 4. The van der Waals surface area contributed by atoms with Crippen molar-refractivity contribution in [3.63, 3.8) is 0 Å². The van der Waals surface area contributed by atoms with E-state index in [0.29, 0.717) is 16.7 Å². The molecule has 0 spiro atoms. The Bertz CT molecular complexity index is 882. The van der Waals surface area contributed by atoms with Crippen LogP contribution in [-0.2, 0) is 0 Å². The largest absolute Gasteiger partial charge is 0.497 e. The van der Waals surface area contributed by atoms with Gasteiger partial charge >= 0.3 is 0 Å².